The monoisotopic (exact) mass is 260 g/mol. The predicted octanol–water partition coefficient (Wildman–Crippen LogP) is 3.08. The van der Waals surface area contributed by atoms with Gasteiger partial charge >= 0.3 is 0 Å². The van der Waals surface area contributed by atoms with Crippen LogP contribution in [0.2, 0.25) is 0 Å². The van der Waals surface area contributed by atoms with Crippen molar-refractivity contribution in [2.45, 2.75) is 51.6 Å². The normalized spacial score (nSPS) is 21.7. The maximum absolute atomic E-state index is 3.65. The molecule has 0 radical (unpaired) electrons. The molecule has 1 aromatic carbocycles. The average Bonchev–Trinajstić information content (AvgIpc) is 2.92. The SMILES string of the molecule is CCCNC1CCN(C(C)CCc2ccccc2)C1. The van der Waals surface area contributed by atoms with Crippen LogP contribution in [0, 0.1) is 0 Å². The topological polar surface area (TPSA) is 15.3 Å². The molecule has 0 bridgehead atoms. The van der Waals surface area contributed by atoms with Crippen molar-refractivity contribution in [3.8, 4) is 0 Å². The minimum absolute atomic E-state index is 0.702. The molecule has 1 aliphatic rings. The van der Waals surface area contributed by atoms with Gasteiger partial charge in [-0.25, -0.2) is 0 Å². The highest BCUT2D eigenvalue weighted by atomic mass is 15.2. The molecule has 0 amide bonds. The first-order chi connectivity index (χ1) is 9.29. The number of likely N-dealkylation sites (tertiary alicyclic amines) is 1. The van der Waals surface area contributed by atoms with Crippen molar-refractivity contribution in [1.82, 2.24) is 10.2 Å². The Balaban J connectivity index is 1.71. The van der Waals surface area contributed by atoms with Crippen LogP contribution in [0.25, 0.3) is 0 Å². The van der Waals surface area contributed by atoms with Crippen molar-refractivity contribution in [3.63, 3.8) is 0 Å². The quantitative estimate of drug-likeness (QED) is 0.810. The molecule has 1 saturated heterocycles. The average molecular weight is 260 g/mol. The van der Waals surface area contributed by atoms with E-state index in [1.807, 2.05) is 0 Å². The Morgan fingerprint density at radius 1 is 1.32 bits per heavy atom. The lowest BCUT2D eigenvalue weighted by atomic mass is 10.1. The number of benzene rings is 1. The van der Waals surface area contributed by atoms with Gasteiger partial charge in [-0.2, -0.15) is 0 Å². The van der Waals surface area contributed by atoms with Crippen molar-refractivity contribution in [2.24, 2.45) is 0 Å². The molecular formula is C17H28N2. The van der Waals surface area contributed by atoms with Crippen LogP contribution < -0.4 is 5.32 Å². The van der Waals surface area contributed by atoms with E-state index in [1.165, 1.54) is 44.3 Å². The van der Waals surface area contributed by atoms with Gasteiger partial charge in [0.15, 0.2) is 0 Å². The lowest BCUT2D eigenvalue weighted by Gasteiger charge is -2.24. The Labute approximate surface area is 118 Å². The van der Waals surface area contributed by atoms with Crippen LogP contribution in [0.3, 0.4) is 0 Å². The van der Waals surface area contributed by atoms with Crippen LogP contribution in [0.4, 0.5) is 0 Å². The highest BCUT2D eigenvalue weighted by Crippen LogP contribution is 2.16. The lowest BCUT2D eigenvalue weighted by Crippen LogP contribution is -2.36. The summed E-state index contributed by atoms with van der Waals surface area (Å²) in [4.78, 5) is 2.65. The largest absolute Gasteiger partial charge is 0.313 e. The van der Waals surface area contributed by atoms with Gasteiger partial charge in [0.1, 0.15) is 0 Å². The van der Waals surface area contributed by atoms with Gasteiger partial charge in [-0.1, -0.05) is 37.3 Å². The molecule has 0 spiro atoms. The number of hydrogen-bond acceptors (Lipinski definition) is 2. The van der Waals surface area contributed by atoms with E-state index in [4.69, 9.17) is 0 Å². The maximum Gasteiger partial charge on any atom is 0.0207 e. The fourth-order valence-corrected chi connectivity index (χ4v) is 2.91. The first kappa shape index (κ1) is 14.5. The van der Waals surface area contributed by atoms with Gasteiger partial charge in [-0.15, -0.1) is 0 Å². The molecule has 19 heavy (non-hydrogen) atoms. The summed E-state index contributed by atoms with van der Waals surface area (Å²) in [5, 5.41) is 3.65. The molecular weight excluding hydrogens is 232 g/mol. The fourth-order valence-electron chi connectivity index (χ4n) is 2.91. The molecule has 2 rings (SSSR count). The van der Waals surface area contributed by atoms with E-state index < -0.39 is 0 Å². The van der Waals surface area contributed by atoms with Gasteiger partial charge in [0.25, 0.3) is 0 Å². The zero-order valence-corrected chi connectivity index (χ0v) is 12.4. The summed E-state index contributed by atoms with van der Waals surface area (Å²) in [5.41, 5.74) is 1.47. The van der Waals surface area contributed by atoms with Gasteiger partial charge in [0.2, 0.25) is 0 Å². The van der Waals surface area contributed by atoms with Crippen molar-refractivity contribution in [1.29, 1.82) is 0 Å². The standard InChI is InChI=1S/C17H28N2/c1-3-12-18-17-11-13-19(14-17)15(2)9-10-16-7-5-4-6-8-16/h4-8,15,17-18H,3,9-14H2,1-2H3. The summed E-state index contributed by atoms with van der Waals surface area (Å²) in [5.74, 6) is 0. The summed E-state index contributed by atoms with van der Waals surface area (Å²) in [6.07, 6.45) is 5.02. The molecule has 2 atom stereocenters. The van der Waals surface area contributed by atoms with Crippen molar-refractivity contribution < 1.29 is 0 Å². The Kier molecular flexibility index (Phi) is 5.87. The van der Waals surface area contributed by atoms with Crippen molar-refractivity contribution in [3.05, 3.63) is 35.9 Å². The maximum atomic E-state index is 3.65. The van der Waals surface area contributed by atoms with E-state index in [9.17, 15) is 0 Å². The number of hydrogen-bond donors (Lipinski definition) is 1. The summed E-state index contributed by atoms with van der Waals surface area (Å²) in [6, 6.07) is 12.3. The fraction of sp³-hybridized carbons (Fsp3) is 0.647. The highest BCUT2D eigenvalue weighted by molar-refractivity contribution is 5.14. The van der Waals surface area contributed by atoms with Crippen LogP contribution in [0.1, 0.15) is 38.7 Å². The number of aryl methyl sites for hydroxylation is 1. The second kappa shape index (κ2) is 7.66. The van der Waals surface area contributed by atoms with Gasteiger partial charge < -0.3 is 5.32 Å². The zero-order chi connectivity index (χ0) is 13.5. The molecule has 106 valence electrons. The predicted molar refractivity (Wildman–Crippen MR) is 82.5 cm³/mol. The van der Waals surface area contributed by atoms with E-state index in [1.54, 1.807) is 0 Å². The minimum Gasteiger partial charge on any atom is -0.313 e. The molecule has 1 fully saturated rings. The third kappa shape index (κ3) is 4.63. The molecule has 2 unspecified atom stereocenters. The highest BCUT2D eigenvalue weighted by Gasteiger charge is 2.24. The first-order valence-electron chi connectivity index (χ1n) is 7.81. The van der Waals surface area contributed by atoms with Gasteiger partial charge in [0.05, 0.1) is 0 Å². The summed E-state index contributed by atoms with van der Waals surface area (Å²) >= 11 is 0. The smallest absolute Gasteiger partial charge is 0.0207 e. The Morgan fingerprint density at radius 2 is 2.11 bits per heavy atom. The molecule has 1 N–H and O–H groups in total. The van der Waals surface area contributed by atoms with Gasteiger partial charge in [-0.3, -0.25) is 4.90 Å². The van der Waals surface area contributed by atoms with Crippen LogP contribution in [0.5, 0.6) is 0 Å². The van der Waals surface area contributed by atoms with Crippen LogP contribution in [-0.2, 0) is 6.42 Å². The van der Waals surface area contributed by atoms with Crippen LogP contribution in [0.15, 0.2) is 30.3 Å². The van der Waals surface area contributed by atoms with Gasteiger partial charge in [0, 0.05) is 25.2 Å². The Hall–Kier alpha value is -0.860. The van der Waals surface area contributed by atoms with Gasteiger partial charge in [-0.05, 0) is 44.7 Å². The molecule has 1 heterocycles. The molecule has 1 aromatic rings. The second-order valence-electron chi connectivity index (χ2n) is 5.81. The van der Waals surface area contributed by atoms with E-state index in [0.717, 1.165) is 12.6 Å². The Morgan fingerprint density at radius 3 is 2.84 bits per heavy atom. The van der Waals surface area contributed by atoms with E-state index in [0.29, 0.717) is 6.04 Å². The van der Waals surface area contributed by atoms with Crippen molar-refractivity contribution in [2.75, 3.05) is 19.6 Å². The molecule has 0 saturated carbocycles. The minimum atomic E-state index is 0.702. The molecule has 0 aliphatic carbocycles. The van der Waals surface area contributed by atoms with Crippen molar-refractivity contribution >= 4 is 0 Å². The summed E-state index contributed by atoms with van der Waals surface area (Å²) in [7, 11) is 0. The summed E-state index contributed by atoms with van der Waals surface area (Å²) in [6.45, 7) is 8.28. The number of rotatable bonds is 7. The zero-order valence-electron chi connectivity index (χ0n) is 12.4. The Bertz CT molecular complexity index is 350. The van der Waals surface area contributed by atoms with Crippen LogP contribution in [-0.4, -0.2) is 36.6 Å². The third-order valence-corrected chi connectivity index (χ3v) is 4.22. The second-order valence-corrected chi connectivity index (χ2v) is 5.81. The number of nitrogens with zero attached hydrogens (tertiary/aromatic N) is 1. The summed E-state index contributed by atoms with van der Waals surface area (Å²) < 4.78 is 0. The first-order valence-corrected chi connectivity index (χ1v) is 7.81. The molecule has 2 nitrogen and oxygen atoms in total. The molecule has 1 aliphatic heterocycles. The molecule has 0 aromatic heterocycles. The number of nitrogens with one attached hydrogen (secondary N) is 1. The third-order valence-electron chi connectivity index (χ3n) is 4.22. The molecule has 2 heteroatoms. The van der Waals surface area contributed by atoms with E-state index >= 15 is 0 Å². The lowest BCUT2D eigenvalue weighted by molar-refractivity contribution is 0.241. The van der Waals surface area contributed by atoms with E-state index in [-0.39, 0.29) is 0 Å². The van der Waals surface area contributed by atoms with E-state index in [2.05, 4.69) is 54.4 Å². The van der Waals surface area contributed by atoms with Crippen LogP contribution >= 0.6 is 0 Å².